The summed E-state index contributed by atoms with van der Waals surface area (Å²) in [4.78, 5) is 34.2. The summed E-state index contributed by atoms with van der Waals surface area (Å²) < 4.78 is 4.80. The van der Waals surface area contributed by atoms with Crippen LogP contribution in [0.1, 0.15) is 31.7 Å². The van der Waals surface area contributed by atoms with Crippen molar-refractivity contribution in [3.05, 3.63) is 51.2 Å². The van der Waals surface area contributed by atoms with E-state index in [0.717, 1.165) is 0 Å². The average molecular weight is 334 g/mol. The smallest absolute Gasteiger partial charge is 0.336 e. The summed E-state index contributed by atoms with van der Waals surface area (Å²) in [5, 5.41) is 23.3. The van der Waals surface area contributed by atoms with Gasteiger partial charge in [-0.25, -0.2) is 9.59 Å². The number of nitrogens with one attached hydrogen (secondary N) is 1. The highest BCUT2D eigenvalue weighted by Crippen LogP contribution is 2.39. The molecule has 1 aromatic rings. The molecule has 0 bridgehead atoms. The molecule has 0 aliphatic carbocycles. The van der Waals surface area contributed by atoms with Crippen molar-refractivity contribution in [3.8, 4) is 0 Å². The van der Waals surface area contributed by atoms with Crippen LogP contribution >= 0.6 is 0 Å². The van der Waals surface area contributed by atoms with Crippen molar-refractivity contribution in [1.29, 1.82) is 0 Å². The van der Waals surface area contributed by atoms with Gasteiger partial charge in [0.2, 0.25) is 0 Å². The second-order valence-corrected chi connectivity index (χ2v) is 5.90. The first-order valence-electron chi connectivity index (χ1n) is 7.24. The molecule has 0 fully saturated rings. The maximum absolute atomic E-state index is 12.2. The number of non-ortho nitro benzene ring substituents is 1. The fourth-order valence-electron chi connectivity index (χ4n) is 2.99. The second-order valence-electron chi connectivity index (χ2n) is 5.90. The number of hydrogen-bond acceptors (Lipinski definition) is 6. The zero-order valence-corrected chi connectivity index (χ0v) is 13.5. The number of carboxylic acid groups (broad SMARTS) is 1. The lowest BCUT2D eigenvalue weighted by Gasteiger charge is -2.38. The van der Waals surface area contributed by atoms with E-state index < -0.39 is 28.3 Å². The van der Waals surface area contributed by atoms with Crippen molar-refractivity contribution < 1.29 is 24.4 Å². The molecule has 0 spiro atoms. The Labute approximate surface area is 138 Å². The van der Waals surface area contributed by atoms with E-state index in [1.807, 2.05) is 0 Å². The molecule has 8 nitrogen and oxygen atoms in total. The summed E-state index contributed by atoms with van der Waals surface area (Å²) in [6.45, 7) is 3.11. The number of carboxylic acids is 1. The standard InChI is InChI=1S/C16H18N2O6/c1-9-13(14(19)24-3)12(8-16(2,17-9)15(20)21)10-5-4-6-11(7-10)18(22)23/h4-7,12,17H,8H2,1-3H3,(H,20,21). The van der Waals surface area contributed by atoms with Crippen LogP contribution in [-0.2, 0) is 14.3 Å². The lowest BCUT2D eigenvalue weighted by Crippen LogP contribution is -2.53. The van der Waals surface area contributed by atoms with Crippen LogP contribution in [0.25, 0.3) is 0 Å². The first-order chi connectivity index (χ1) is 11.2. The van der Waals surface area contributed by atoms with Crippen LogP contribution in [-0.4, -0.2) is 34.6 Å². The fourth-order valence-corrected chi connectivity index (χ4v) is 2.99. The molecule has 2 atom stereocenters. The Morgan fingerprint density at radius 2 is 2.12 bits per heavy atom. The fraction of sp³-hybridized carbons (Fsp3) is 0.375. The van der Waals surface area contributed by atoms with Crippen molar-refractivity contribution in [2.45, 2.75) is 31.7 Å². The first-order valence-corrected chi connectivity index (χ1v) is 7.24. The van der Waals surface area contributed by atoms with Crippen molar-refractivity contribution in [3.63, 3.8) is 0 Å². The van der Waals surface area contributed by atoms with Crippen LogP contribution in [0, 0.1) is 10.1 Å². The van der Waals surface area contributed by atoms with E-state index in [0.29, 0.717) is 11.3 Å². The minimum Gasteiger partial charge on any atom is -0.480 e. The van der Waals surface area contributed by atoms with Crippen LogP contribution in [0.4, 0.5) is 5.69 Å². The molecule has 0 aromatic heterocycles. The highest BCUT2D eigenvalue weighted by Gasteiger charge is 2.44. The second kappa shape index (κ2) is 6.31. The van der Waals surface area contributed by atoms with Crippen LogP contribution in [0.15, 0.2) is 35.5 Å². The van der Waals surface area contributed by atoms with Crippen molar-refractivity contribution in [2.24, 2.45) is 0 Å². The molecule has 0 saturated heterocycles. The van der Waals surface area contributed by atoms with Gasteiger partial charge in [0.05, 0.1) is 17.6 Å². The van der Waals surface area contributed by atoms with Gasteiger partial charge in [-0.1, -0.05) is 12.1 Å². The first kappa shape index (κ1) is 17.5. The molecular weight excluding hydrogens is 316 g/mol. The molecule has 1 aliphatic rings. The number of aliphatic carboxylic acids is 1. The van der Waals surface area contributed by atoms with E-state index in [2.05, 4.69) is 5.32 Å². The predicted molar refractivity (Wildman–Crippen MR) is 84.3 cm³/mol. The third-order valence-electron chi connectivity index (χ3n) is 4.19. The van der Waals surface area contributed by atoms with Gasteiger partial charge in [-0.2, -0.15) is 0 Å². The van der Waals surface area contributed by atoms with Crippen LogP contribution in [0.5, 0.6) is 0 Å². The molecule has 24 heavy (non-hydrogen) atoms. The lowest BCUT2D eigenvalue weighted by atomic mass is 9.76. The zero-order chi connectivity index (χ0) is 18.1. The molecule has 8 heteroatoms. The summed E-state index contributed by atoms with van der Waals surface area (Å²) in [7, 11) is 1.23. The Morgan fingerprint density at radius 1 is 1.46 bits per heavy atom. The van der Waals surface area contributed by atoms with Gasteiger partial charge in [-0.05, 0) is 25.8 Å². The number of carbonyl (C=O) groups is 2. The SMILES string of the molecule is COC(=O)C1=C(C)NC(C)(C(=O)O)CC1c1cccc([N+](=O)[O-])c1. The molecule has 0 saturated carbocycles. The van der Waals surface area contributed by atoms with Crippen molar-refractivity contribution in [2.75, 3.05) is 7.11 Å². The maximum Gasteiger partial charge on any atom is 0.336 e. The molecule has 0 amide bonds. The Balaban J connectivity index is 2.59. The van der Waals surface area contributed by atoms with Gasteiger partial charge in [0.15, 0.2) is 0 Å². The van der Waals surface area contributed by atoms with E-state index in [1.165, 1.54) is 32.2 Å². The topological polar surface area (TPSA) is 119 Å². The minimum absolute atomic E-state index is 0.0608. The molecule has 0 radical (unpaired) electrons. The highest BCUT2D eigenvalue weighted by atomic mass is 16.6. The van der Waals surface area contributed by atoms with E-state index in [9.17, 15) is 24.8 Å². The molecule has 1 heterocycles. The summed E-state index contributed by atoms with van der Waals surface area (Å²) in [6, 6.07) is 5.85. The Morgan fingerprint density at radius 3 is 2.67 bits per heavy atom. The third-order valence-corrected chi connectivity index (χ3v) is 4.19. The Kier molecular flexibility index (Phi) is 4.59. The summed E-state index contributed by atoms with van der Waals surface area (Å²) in [5.41, 5.74) is -0.259. The maximum atomic E-state index is 12.2. The number of nitro groups is 1. The highest BCUT2D eigenvalue weighted by molar-refractivity contribution is 5.92. The van der Waals surface area contributed by atoms with Crippen molar-refractivity contribution >= 4 is 17.6 Å². The van der Waals surface area contributed by atoms with Gasteiger partial charge in [0.25, 0.3) is 5.69 Å². The molecule has 128 valence electrons. The van der Waals surface area contributed by atoms with E-state index in [-0.39, 0.29) is 17.7 Å². The number of hydrogen-bond donors (Lipinski definition) is 2. The van der Waals surface area contributed by atoms with E-state index >= 15 is 0 Å². The van der Waals surface area contributed by atoms with Crippen LogP contribution in [0.2, 0.25) is 0 Å². The summed E-state index contributed by atoms with van der Waals surface area (Å²) >= 11 is 0. The summed E-state index contributed by atoms with van der Waals surface area (Å²) in [5.74, 6) is -2.29. The van der Waals surface area contributed by atoms with Gasteiger partial charge in [0.1, 0.15) is 5.54 Å². The minimum atomic E-state index is -1.29. The largest absolute Gasteiger partial charge is 0.480 e. The predicted octanol–water partition coefficient (Wildman–Crippen LogP) is 1.96. The normalized spacial score (nSPS) is 23.4. The third kappa shape index (κ3) is 3.08. The molecule has 2 N–H and O–H groups in total. The van der Waals surface area contributed by atoms with E-state index in [1.54, 1.807) is 13.0 Å². The van der Waals surface area contributed by atoms with Gasteiger partial charge < -0.3 is 15.2 Å². The van der Waals surface area contributed by atoms with Gasteiger partial charge in [-0.3, -0.25) is 10.1 Å². The van der Waals surface area contributed by atoms with Crippen LogP contribution < -0.4 is 5.32 Å². The van der Waals surface area contributed by atoms with Gasteiger partial charge >= 0.3 is 11.9 Å². The van der Waals surface area contributed by atoms with Gasteiger partial charge in [0, 0.05) is 23.7 Å². The van der Waals surface area contributed by atoms with Crippen molar-refractivity contribution in [1.82, 2.24) is 5.32 Å². The monoisotopic (exact) mass is 334 g/mol. The zero-order valence-electron chi connectivity index (χ0n) is 13.5. The molecule has 2 unspecified atom stereocenters. The van der Waals surface area contributed by atoms with Gasteiger partial charge in [-0.15, -0.1) is 0 Å². The Bertz CT molecular complexity index is 742. The van der Waals surface area contributed by atoms with Crippen LogP contribution in [0.3, 0.4) is 0 Å². The average Bonchev–Trinajstić information content (AvgIpc) is 2.53. The number of esters is 1. The Hall–Kier alpha value is -2.90. The molecule has 1 aliphatic heterocycles. The van der Waals surface area contributed by atoms with E-state index in [4.69, 9.17) is 4.74 Å². The lowest BCUT2D eigenvalue weighted by molar-refractivity contribution is -0.384. The molecular formula is C16H18N2O6. The number of nitro benzene ring substituents is 1. The quantitative estimate of drug-likeness (QED) is 0.491. The number of ether oxygens (including phenoxy) is 1. The summed E-state index contributed by atoms with van der Waals surface area (Å²) in [6.07, 6.45) is 0.0608. The number of methoxy groups -OCH3 is 1. The molecule has 1 aromatic carbocycles. The number of rotatable bonds is 4. The number of nitrogens with zero attached hydrogens (tertiary/aromatic N) is 1. The number of benzene rings is 1. The number of allylic oxidation sites excluding steroid dienone is 1. The molecule has 2 rings (SSSR count). The number of carbonyl (C=O) groups excluding carboxylic acids is 1.